The van der Waals surface area contributed by atoms with Crippen molar-refractivity contribution >= 4 is 0 Å². The zero-order chi connectivity index (χ0) is 8.32. The molecular formula is C5H5F3N2O. The molecule has 1 aromatic heterocycles. The number of nitrogens with zero attached hydrogens (tertiary/aromatic N) is 2. The van der Waals surface area contributed by atoms with Crippen LogP contribution in [-0.4, -0.2) is 16.3 Å². The monoisotopic (exact) mass is 166 g/mol. The molecule has 0 aliphatic rings. The second kappa shape index (κ2) is 2.89. The Morgan fingerprint density at radius 2 is 2.18 bits per heavy atom. The summed E-state index contributed by atoms with van der Waals surface area (Å²) in [7, 11) is 0. The first-order valence-electron chi connectivity index (χ1n) is 2.90. The Kier molecular flexibility index (Phi) is 2.11. The Labute approximate surface area is 60.2 Å². The van der Waals surface area contributed by atoms with Gasteiger partial charge in [-0.2, -0.15) is 18.2 Å². The van der Waals surface area contributed by atoms with E-state index in [1.54, 1.807) is 0 Å². The van der Waals surface area contributed by atoms with Crippen LogP contribution in [0, 0.1) is 0 Å². The smallest absolute Gasteiger partial charge is 0.343 e. The van der Waals surface area contributed by atoms with Gasteiger partial charge in [0, 0.05) is 6.42 Å². The van der Waals surface area contributed by atoms with Crippen LogP contribution >= 0.6 is 0 Å². The van der Waals surface area contributed by atoms with E-state index in [2.05, 4.69) is 14.7 Å². The van der Waals surface area contributed by atoms with Crippen LogP contribution < -0.4 is 0 Å². The SMILES string of the molecule is FC(F)(F)CCc1ncon1. The van der Waals surface area contributed by atoms with E-state index in [4.69, 9.17) is 0 Å². The van der Waals surface area contributed by atoms with E-state index < -0.39 is 12.6 Å². The average molecular weight is 166 g/mol. The van der Waals surface area contributed by atoms with Crippen molar-refractivity contribution < 1.29 is 17.7 Å². The first-order chi connectivity index (χ1) is 5.08. The highest BCUT2D eigenvalue weighted by Gasteiger charge is 2.27. The van der Waals surface area contributed by atoms with Crippen molar-refractivity contribution in [2.45, 2.75) is 19.0 Å². The number of halogens is 3. The molecule has 0 fully saturated rings. The lowest BCUT2D eigenvalue weighted by molar-refractivity contribution is -0.134. The van der Waals surface area contributed by atoms with E-state index in [-0.39, 0.29) is 12.2 Å². The maximum absolute atomic E-state index is 11.6. The number of alkyl halides is 3. The largest absolute Gasteiger partial charge is 0.389 e. The van der Waals surface area contributed by atoms with Crippen molar-refractivity contribution in [3.8, 4) is 0 Å². The summed E-state index contributed by atoms with van der Waals surface area (Å²) in [6.07, 6.45) is -4.28. The topological polar surface area (TPSA) is 38.9 Å². The number of hydrogen-bond donors (Lipinski definition) is 0. The molecule has 0 unspecified atom stereocenters. The predicted octanol–water partition coefficient (Wildman–Crippen LogP) is 1.56. The van der Waals surface area contributed by atoms with Crippen LogP contribution in [0.15, 0.2) is 10.9 Å². The van der Waals surface area contributed by atoms with Crippen LogP contribution in [-0.2, 0) is 6.42 Å². The normalized spacial score (nSPS) is 11.9. The molecule has 0 bridgehead atoms. The fraction of sp³-hybridized carbons (Fsp3) is 0.600. The van der Waals surface area contributed by atoms with Crippen LogP contribution in [0.25, 0.3) is 0 Å². The highest BCUT2D eigenvalue weighted by atomic mass is 19.4. The molecule has 62 valence electrons. The molecule has 0 N–H and O–H groups in total. The van der Waals surface area contributed by atoms with Crippen LogP contribution in [0.2, 0.25) is 0 Å². The molecule has 11 heavy (non-hydrogen) atoms. The molecule has 3 nitrogen and oxygen atoms in total. The third kappa shape index (κ3) is 3.01. The molecule has 0 saturated carbocycles. The molecule has 6 heteroatoms. The number of aromatic nitrogens is 2. The Morgan fingerprint density at radius 3 is 2.64 bits per heavy atom. The van der Waals surface area contributed by atoms with Gasteiger partial charge < -0.3 is 4.52 Å². The zero-order valence-corrected chi connectivity index (χ0v) is 5.43. The zero-order valence-electron chi connectivity index (χ0n) is 5.43. The predicted molar refractivity (Wildman–Crippen MR) is 28.7 cm³/mol. The van der Waals surface area contributed by atoms with Crippen LogP contribution in [0.4, 0.5) is 13.2 Å². The highest BCUT2D eigenvalue weighted by Crippen LogP contribution is 2.20. The molecule has 0 atom stereocenters. The molecule has 0 saturated heterocycles. The van der Waals surface area contributed by atoms with Gasteiger partial charge in [-0.3, -0.25) is 0 Å². The Balaban J connectivity index is 2.35. The maximum atomic E-state index is 11.6. The highest BCUT2D eigenvalue weighted by molar-refractivity contribution is 4.78. The summed E-state index contributed by atoms with van der Waals surface area (Å²) in [6.45, 7) is 0. The van der Waals surface area contributed by atoms with Crippen LogP contribution in [0.1, 0.15) is 12.2 Å². The summed E-state index contributed by atoms with van der Waals surface area (Å²) in [5.74, 6) is 0.0855. The van der Waals surface area contributed by atoms with Gasteiger partial charge in [0.05, 0.1) is 6.42 Å². The van der Waals surface area contributed by atoms with Gasteiger partial charge in [-0.15, -0.1) is 0 Å². The van der Waals surface area contributed by atoms with Gasteiger partial charge in [0.2, 0.25) is 6.39 Å². The van der Waals surface area contributed by atoms with E-state index in [1.165, 1.54) is 0 Å². The first-order valence-corrected chi connectivity index (χ1v) is 2.90. The fourth-order valence-electron chi connectivity index (χ4n) is 0.556. The van der Waals surface area contributed by atoms with Gasteiger partial charge in [0.25, 0.3) is 0 Å². The number of aryl methyl sites for hydroxylation is 1. The molecule has 1 heterocycles. The molecule has 0 aliphatic carbocycles. The maximum Gasteiger partial charge on any atom is 0.389 e. The Bertz CT molecular complexity index is 206. The molecule has 1 aromatic rings. The summed E-state index contributed by atoms with van der Waals surface area (Å²) in [5.41, 5.74) is 0. The van der Waals surface area contributed by atoms with Crippen molar-refractivity contribution in [2.75, 3.05) is 0 Å². The molecule has 0 spiro atoms. The molecule has 1 rings (SSSR count). The van der Waals surface area contributed by atoms with Crippen LogP contribution in [0.3, 0.4) is 0 Å². The third-order valence-corrected chi connectivity index (χ3v) is 1.04. The van der Waals surface area contributed by atoms with E-state index in [0.717, 1.165) is 6.39 Å². The lowest BCUT2D eigenvalue weighted by Gasteiger charge is -2.01. The summed E-state index contributed by atoms with van der Waals surface area (Å²) < 4.78 is 38.9. The molecular weight excluding hydrogens is 161 g/mol. The van der Waals surface area contributed by atoms with Gasteiger partial charge >= 0.3 is 6.18 Å². The first kappa shape index (κ1) is 8.03. The van der Waals surface area contributed by atoms with E-state index >= 15 is 0 Å². The number of rotatable bonds is 2. The van der Waals surface area contributed by atoms with Gasteiger partial charge in [-0.25, -0.2) is 0 Å². The minimum Gasteiger partial charge on any atom is -0.343 e. The minimum absolute atomic E-state index is 0.0855. The standard InChI is InChI=1S/C5H5F3N2O/c6-5(7,8)2-1-4-9-3-11-10-4/h3H,1-2H2. The van der Waals surface area contributed by atoms with E-state index in [9.17, 15) is 13.2 Å². The lowest BCUT2D eigenvalue weighted by Crippen LogP contribution is -2.09. The van der Waals surface area contributed by atoms with Crippen molar-refractivity contribution in [3.63, 3.8) is 0 Å². The minimum atomic E-state index is -4.15. The van der Waals surface area contributed by atoms with Crippen molar-refractivity contribution in [1.29, 1.82) is 0 Å². The van der Waals surface area contributed by atoms with Crippen molar-refractivity contribution in [3.05, 3.63) is 12.2 Å². The van der Waals surface area contributed by atoms with E-state index in [0.29, 0.717) is 0 Å². The molecule has 0 aromatic carbocycles. The van der Waals surface area contributed by atoms with Gasteiger partial charge in [0.15, 0.2) is 5.82 Å². The summed E-state index contributed by atoms with van der Waals surface area (Å²) in [6, 6.07) is 0. The van der Waals surface area contributed by atoms with Crippen LogP contribution in [0.5, 0.6) is 0 Å². The molecule has 0 radical (unpaired) electrons. The Hall–Kier alpha value is -1.07. The second-order valence-electron chi connectivity index (χ2n) is 1.96. The fourth-order valence-corrected chi connectivity index (χ4v) is 0.556. The van der Waals surface area contributed by atoms with Crippen molar-refractivity contribution in [1.82, 2.24) is 10.1 Å². The molecule has 0 aliphatic heterocycles. The number of hydrogen-bond acceptors (Lipinski definition) is 3. The average Bonchev–Trinajstić information content (AvgIpc) is 2.32. The Morgan fingerprint density at radius 1 is 1.45 bits per heavy atom. The summed E-state index contributed by atoms with van der Waals surface area (Å²) in [5, 5.41) is 3.23. The second-order valence-corrected chi connectivity index (χ2v) is 1.96. The van der Waals surface area contributed by atoms with E-state index in [1.807, 2.05) is 0 Å². The van der Waals surface area contributed by atoms with Gasteiger partial charge in [-0.05, 0) is 0 Å². The quantitative estimate of drug-likeness (QED) is 0.669. The lowest BCUT2D eigenvalue weighted by atomic mass is 10.3. The molecule has 0 amide bonds. The summed E-state index contributed by atoms with van der Waals surface area (Å²) in [4.78, 5) is 3.44. The van der Waals surface area contributed by atoms with Gasteiger partial charge in [0.1, 0.15) is 0 Å². The van der Waals surface area contributed by atoms with Crippen molar-refractivity contribution in [2.24, 2.45) is 0 Å². The van der Waals surface area contributed by atoms with Gasteiger partial charge in [-0.1, -0.05) is 5.16 Å². The third-order valence-electron chi connectivity index (χ3n) is 1.04. The summed E-state index contributed by atoms with van der Waals surface area (Å²) >= 11 is 0.